The van der Waals surface area contributed by atoms with E-state index in [1.165, 1.54) is 37.8 Å². The fourth-order valence-electron chi connectivity index (χ4n) is 3.40. The van der Waals surface area contributed by atoms with E-state index < -0.39 is 10.0 Å². The van der Waals surface area contributed by atoms with Crippen molar-refractivity contribution >= 4 is 16.0 Å². The molecule has 4 N–H and O–H groups in total. The van der Waals surface area contributed by atoms with Gasteiger partial charge in [0.05, 0.1) is 11.4 Å². The lowest BCUT2D eigenvalue weighted by molar-refractivity contribution is 0.250. The van der Waals surface area contributed by atoms with Gasteiger partial charge < -0.3 is 10.6 Å². The van der Waals surface area contributed by atoms with Gasteiger partial charge in [-0.1, -0.05) is 26.0 Å². The lowest BCUT2D eigenvalue weighted by atomic mass is 9.80. The van der Waals surface area contributed by atoms with Crippen LogP contribution in [0.15, 0.2) is 34.2 Å². The summed E-state index contributed by atoms with van der Waals surface area (Å²) < 4.78 is 22.6. The van der Waals surface area contributed by atoms with E-state index in [0.717, 1.165) is 29.9 Å². The zero-order valence-corrected chi connectivity index (χ0v) is 16.8. The minimum atomic E-state index is -3.65. The van der Waals surface area contributed by atoms with Crippen molar-refractivity contribution in [2.45, 2.75) is 63.9 Å². The first-order valence-corrected chi connectivity index (χ1v) is 11.0. The Kier molecular flexibility index (Phi) is 7.46. The van der Waals surface area contributed by atoms with E-state index in [-0.39, 0.29) is 4.90 Å². The molecule has 1 aromatic rings. The highest BCUT2D eigenvalue weighted by molar-refractivity contribution is 7.89. The van der Waals surface area contributed by atoms with Crippen LogP contribution in [0.5, 0.6) is 0 Å². The molecule has 0 heterocycles. The molecular formula is C19H32N4O2S. The summed E-state index contributed by atoms with van der Waals surface area (Å²) >= 11 is 0. The second-order valence-electron chi connectivity index (χ2n) is 7.38. The van der Waals surface area contributed by atoms with Crippen LogP contribution in [-0.4, -0.2) is 27.0 Å². The summed E-state index contributed by atoms with van der Waals surface area (Å²) in [6.45, 7) is 7.96. The van der Waals surface area contributed by atoms with Crippen molar-refractivity contribution in [3.8, 4) is 0 Å². The maximum Gasteiger partial charge on any atom is 0.238 e. The molecule has 0 radical (unpaired) electrons. The molecule has 26 heavy (non-hydrogen) atoms. The molecule has 0 unspecified atom stereocenters. The Bertz CT molecular complexity index is 691. The number of aliphatic imine (C=N–C) groups is 1. The average Bonchev–Trinajstić information content (AvgIpc) is 2.60. The van der Waals surface area contributed by atoms with E-state index in [9.17, 15) is 8.42 Å². The van der Waals surface area contributed by atoms with Gasteiger partial charge >= 0.3 is 0 Å². The number of sulfonamides is 1. The molecule has 0 amide bonds. The predicted octanol–water partition coefficient (Wildman–Crippen LogP) is 2.60. The van der Waals surface area contributed by atoms with Crippen LogP contribution in [0.3, 0.4) is 0 Å². The van der Waals surface area contributed by atoms with Crippen molar-refractivity contribution in [2.24, 2.45) is 22.0 Å². The molecule has 1 aromatic carbocycles. The van der Waals surface area contributed by atoms with Gasteiger partial charge in [-0.25, -0.2) is 18.5 Å². The maximum atomic E-state index is 11.3. The number of nitrogens with one attached hydrogen (secondary N) is 2. The monoisotopic (exact) mass is 380 g/mol. The van der Waals surface area contributed by atoms with Gasteiger partial charge in [0.25, 0.3) is 0 Å². The normalized spacial score (nSPS) is 21.7. The molecule has 6 nitrogen and oxygen atoms in total. The molecule has 0 spiro atoms. The summed E-state index contributed by atoms with van der Waals surface area (Å²) in [5.41, 5.74) is 0.943. The number of benzene rings is 1. The van der Waals surface area contributed by atoms with Gasteiger partial charge in [0.15, 0.2) is 5.96 Å². The molecule has 1 aliphatic carbocycles. The number of hydrogen-bond donors (Lipinski definition) is 3. The zero-order valence-electron chi connectivity index (χ0n) is 16.0. The van der Waals surface area contributed by atoms with Crippen LogP contribution in [-0.2, 0) is 16.6 Å². The summed E-state index contributed by atoms with van der Waals surface area (Å²) in [5.74, 6) is 2.42. The summed E-state index contributed by atoms with van der Waals surface area (Å²) in [6.07, 6.45) is 4.89. The Morgan fingerprint density at radius 3 is 2.31 bits per heavy atom. The molecule has 1 aliphatic rings. The third-order valence-electron chi connectivity index (χ3n) is 5.07. The summed E-state index contributed by atoms with van der Waals surface area (Å²) in [7, 11) is -3.65. The number of guanidine groups is 1. The van der Waals surface area contributed by atoms with Gasteiger partial charge in [0.1, 0.15) is 0 Å². The Morgan fingerprint density at radius 2 is 1.81 bits per heavy atom. The molecule has 2 rings (SSSR count). The molecule has 0 saturated heterocycles. The molecule has 146 valence electrons. The van der Waals surface area contributed by atoms with Crippen molar-refractivity contribution in [3.63, 3.8) is 0 Å². The van der Waals surface area contributed by atoms with Crippen molar-refractivity contribution in [2.75, 3.05) is 6.54 Å². The fraction of sp³-hybridized carbons (Fsp3) is 0.632. The standard InChI is InChI=1S/C19H32N4O2S/c1-4-21-19(23-17-9-7-16(8-10-17)14(2)3)22-13-15-5-11-18(12-6-15)26(20,24)25/h5-6,11-12,14,16-17H,4,7-10,13H2,1-3H3,(H2,20,24,25)(H2,21,22,23). The van der Waals surface area contributed by atoms with Crippen LogP contribution in [0.4, 0.5) is 0 Å². The molecule has 0 atom stereocenters. The highest BCUT2D eigenvalue weighted by atomic mass is 32.2. The van der Waals surface area contributed by atoms with Crippen molar-refractivity contribution in [1.82, 2.24) is 10.6 Å². The van der Waals surface area contributed by atoms with E-state index in [2.05, 4.69) is 29.5 Å². The quantitative estimate of drug-likeness (QED) is 0.522. The average molecular weight is 381 g/mol. The molecule has 1 saturated carbocycles. The number of hydrogen-bond acceptors (Lipinski definition) is 3. The molecule has 0 aliphatic heterocycles. The highest BCUT2D eigenvalue weighted by Gasteiger charge is 2.23. The Labute approximate surface area is 157 Å². The Balaban J connectivity index is 1.94. The molecule has 1 fully saturated rings. The third-order valence-corrected chi connectivity index (χ3v) is 6.00. The van der Waals surface area contributed by atoms with E-state index in [1.807, 2.05) is 6.92 Å². The minimum absolute atomic E-state index is 0.122. The number of nitrogens with zero attached hydrogens (tertiary/aromatic N) is 1. The lowest BCUT2D eigenvalue weighted by Crippen LogP contribution is -2.45. The lowest BCUT2D eigenvalue weighted by Gasteiger charge is -2.32. The third kappa shape index (κ3) is 6.29. The zero-order chi connectivity index (χ0) is 19.2. The van der Waals surface area contributed by atoms with E-state index >= 15 is 0 Å². The van der Waals surface area contributed by atoms with E-state index in [1.54, 1.807) is 12.1 Å². The van der Waals surface area contributed by atoms with Gasteiger partial charge in [0, 0.05) is 12.6 Å². The van der Waals surface area contributed by atoms with Gasteiger partial charge in [-0.05, 0) is 62.1 Å². The van der Waals surface area contributed by atoms with Crippen LogP contribution in [0.25, 0.3) is 0 Å². The smallest absolute Gasteiger partial charge is 0.238 e. The first kappa shape index (κ1) is 20.7. The first-order valence-electron chi connectivity index (χ1n) is 9.46. The van der Waals surface area contributed by atoms with Gasteiger partial charge in [0.2, 0.25) is 10.0 Å². The van der Waals surface area contributed by atoms with Crippen LogP contribution >= 0.6 is 0 Å². The largest absolute Gasteiger partial charge is 0.357 e. The number of primary sulfonamides is 1. The molecule has 0 aromatic heterocycles. The first-order chi connectivity index (χ1) is 12.3. The molecule has 0 bridgehead atoms. The maximum absolute atomic E-state index is 11.3. The molecule has 7 heteroatoms. The Morgan fingerprint density at radius 1 is 1.19 bits per heavy atom. The van der Waals surface area contributed by atoms with Gasteiger partial charge in [-0.15, -0.1) is 0 Å². The van der Waals surface area contributed by atoms with E-state index in [0.29, 0.717) is 12.6 Å². The van der Waals surface area contributed by atoms with Crippen molar-refractivity contribution < 1.29 is 8.42 Å². The molecular weight excluding hydrogens is 348 g/mol. The van der Waals surface area contributed by atoms with Crippen LogP contribution in [0, 0.1) is 11.8 Å². The highest BCUT2D eigenvalue weighted by Crippen LogP contribution is 2.29. The second kappa shape index (κ2) is 9.37. The number of rotatable bonds is 6. The van der Waals surface area contributed by atoms with Crippen molar-refractivity contribution in [3.05, 3.63) is 29.8 Å². The van der Waals surface area contributed by atoms with Crippen LogP contribution < -0.4 is 15.8 Å². The van der Waals surface area contributed by atoms with Crippen molar-refractivity contribution in [1.29, 1.82) is 0 Å². The number of nitrogens with two attached hydrogens (primary N) is 1. The van der Waals surface area contributed by atoms with Crippen LogP contribution in [0.1, 0.15) is 52.0 Å². The van der Waals surface area contributed by atoms with E-state index in [4.69, 9.17) is 5.14 Å². The summed E-state index contributed by atoms with van der Waals surface area (Å²) in [5, 5.41) is 12.0. The minimum Gasteiger partial charge on any atom is -0.357 e. The summed E-state index contributed by atoms with van der Waals surface area (Å²) in [4.78, 5) is 4.76. The fourth-order valence-corrected chi connectivity index (χ4v) is 3.91. The SMILES string of the molecule is CCNC(=NCc1ccc(S(N)(=O)=O)cc1)NC1CCC(C(C)C)CC1. The summed E-state index contributed by atoms with van der Waals surface area (Å²) in [6, 6.07) is 7.01. The van der Waals surface area contributed by atoms with Gasteiger partial charge in [-0.3, -0.25) is 0 Å². The van der Waals surface area contributed by atoms with Gasteiger partial charge in [-0.2, -0.15) is 0 Å². The predicted molar refractivity (Wildman–Crippen MR) is 106 cm³/mol. The second-order valence-corrected chi connectivity index (χ2v) is 8.95. The topological polar surface area (TPSA) is 96.6 Å². The Hall–Kier alpha value is -1.60. The van der Waals surface area contributed by atoms with Crippen LogP contribution in [0.2, 0.25) is 0 Å².